The topological polar surface area (TPSA) is 27.1 Å². The minimum absolute atomic E-state index is 0.159. The minimum Gasteiger partial charge on any atom is -0.357 e. The molecule has 1 fully saturated rings. The van der Waals surface area contributed by atoms with E-state index in [0.29, 0.717) is 0 Å². The Morgan fingerprint density at radius 2 is 2.00 bits per heavy atom. The van der Waals surface area contributed by atoms with Crippen molar-refractivity contribution < 1.29 is 4.74 Å². The Labute approximate surface area is 120 Å². The van der Waals surface area contributed by atoms with Crippen LogP contribution in [0.4, 0.5) is 0 Å². The van der Waals surface area contributed by atoms with E-state index in [1.807, 2.05) is 4.68 Å². The van der Waals surface area contributed by atoms with Crippen LogP contribution in [0.15, 0.2) is 42.6 Å². The first-order valence-corrected chi connectivity index (χ1v) is 7.61. The Morgan fingerprint density at radius 1 is 1.10 bits per heavy atom. The van der Waals surface area contributed by atoms with Crippen molar-refractivity contribution in [2.75, 3.05) is 6.61 Å². The van der Waals surface area contributed by atoms with Crippen molar-refractivity contribution in [2.24, 2.45) is 0 Å². The van der Waals surface area contributed by atoms with E-state index in [9.17, 15) is 0 Å². The summed E-state index contributed by atoms with van der Waals surface area (Å²) in [4.78, 5) is 0. The highest BCUT2D eigenvalue weighted by Gasteiger charge is 2.16. The molecule has 2 heterocycles. The van der Waals surface area contributed by atoms with Crippen LogP contribution in [0.5, 0.6) is 0 Å². The first-order valence-electron chi connectivity index (χ1n) is 7.61. The number of hydrogen-bond donors (Lipinski definition) is 0. The molecule has 0 spiro atoms. The summed E-state index contributed by atoms with van der Waals surface area (Å²) in [5.41, 5.74) is 2.58. The molecule has 0 N–H and O–H groups in total. The van der Waals surface area contributed by atoms with E-state index >= 15 is 0 Å². The van der Waals surface area contributed by atoms with Crippen molar-refractivity contribution in [1.82, 2.24) is 9.78 Å². The predicted molar refractivity (Wildman–Crippen MR) is 79.5 cm³/mol. The maximum atomic E-state index is 5.75. The lowest BCUT2D eigenvalue weighted by molar-refractivity contribution is -0.0396. The van der Waals surface area contributed by atoms with Crippen molar-refractivity contribution in [3.63, 3.8) is 0 Å². The van der Waals surface area contributed by atoms with Gasteiger partial charge in [-0.3, -0.25) is 0 Å². The van der Waals surface area contributed by atoms with Crippen LogP contribution in [-0.4, -0.2) is 16.4 Å². The summed E-state index contributed by atoms with van der Waals surface area (Å²) in [6.07, 6.45) is 9.04. The SMILES string of the molecule is c1ccc(CCCc2ccn(C3CCCCO3)n2)cc1. The number of aromatic nitrogens is 2. The van der Waals surface area contributed by atoms with Gasteiger partial charge in [-0.2, -0.15) is 5.10 Å². The summed E-state index contributed by atoms with van der Waals surface area (Å²) < 4.78 is 7.75. The molecule has 1 aliphatic rings. The van der Waals surface area contributed by atoms with Gasteiger partial charge in [-0.15, -0.1) is 0 Å². The number of nitrogens with zero attached hydrogens (tertiary/aromatic N) is 2. The molecule has 1 aromatic heterocycles. The van der Waals surface area contributed by atoms with Crippen LogP contribution in [0.3, 0.4) is 0 Å². The monoisotopic (exact) mass is 270 g/mol. The van der Waals surface area contributed by atoms with Crippen LogP contribution in [0, 0.1) is 0 Å². The van der Waals surface area contributed by atoms with Crippen LogP contribution in [0.25, 0.3) is 0 Å². The molecule has 0 radical (unpaired) electrons. The van der Waals surface area contributed by atoms with Crippen LogP contribution in [0.2, 0.25) is 0 Å². The Hall–Kier alpha value is -1.61. The second kappa shape index (κ2) is 6.71. The predicted octanol–water partition coefficient (Wildman–Crippen LogP) is 3.76. The normalized spacial score (nSPS) is 19.1. The lowest BCUT2D eigenvalue weighted by Gasteiger charge is -2.22. The summed E-state index contributed by atoms with van der Waals surface area (Å²) in [5.74, 6) is 0. The molecule has 1 aromatic carbocycles. The summed E-state index contributed by atoms with van der Waals surface area (Å²) >= 11 is 0. The molecule has 0 amide bonds. The van der Waals surface area contributed by atoms with Gasteiger partial charge < -0.3 is 4.74 Å². The maximum absolute atomic E-state index is 5.75. The van der Waals surface area contributed by atoms with Crippen molar-refractivity contribution in [1.29, 1.82) is 0 Å². The Bertz CT molecular complexity index is 515. The molecule has 3 nitrogen and oxygen atoms in total. The zero-order chi connectivity index (χ0) is 13.6. The molecule has 106 valence electrons. The number of benzene rings is 1. The Balaban J connectivity index is 1.50. The van der Waals surface area contributed by atoms with Crippen molar-refractivity contribution in [3.05, 3.63) is 53.9 Å². The molecule has 1 aliphatic heterocycles. The van der Waals surface area contributed by atoms with Gasteiger partial charge in [0.05, 0.1) is 5.69 Å². The average Bonchev–Trinajstić information content (AvgIpc) is 2.98. The molecule has 20 heavy (non-hydrogen) atoms. The summed E-state index contributed by atoms with van der Waals surface area (Å²) in [5, 5.41) is 4.66. The fourth-order valence-corrected chi connectivity index (χ4v) is 2.72. The molecule has 1 atom stereocenters. The number of ether oxygens (including phenoxy) is 1. The first-order chi connectivity index (χ1) is 9.92. The molecule has 0 saturated carbocycles. The van der Waals surface area contributed by atoms with E-state index in [-0.39, 0.29) is 6.23 Å². The van der Waals surface area contributed by atoms with Crippen molar-refractivity contribution in [3.8, 4) is 0 Å². The van der Waals surface area contributed by atoms with Gasteiger partial charge in [0.25, 0.3) is 0 Å². The molecule has 0 bridgehead atoms. The Kier molecular flexibility index (Phi) is 4.49. The highest BCUT2D eigenvalue weighted by Crippen LogP contribution is 2.21. The Morgan fingerprint density at radius 3 is 2.80 bits per heavy atom. The third-order valence-electron chi connectivity index (χ3n) is 3.86. The molecular formula is C17H22N2O. The number of aryl methyl sites for hydroxylation is 2. The smallest absolute Gasteiger partial charge is 0.150 e. The number of hydrogen-bond acceptors (Lipinski definition) is 2. The molecule has 1 unspecified atom stereocenters. The molecule has 0 aliphatic carbocycles. The van der Waals surface area contributed by atoms with Crippen molar-refractivity contribution >= 4 is 0 Å². The van der Waals surface area contributed by atoms with Gasteiger partial charge in [0.15, 0.2) is 0 Å². The third kappa shape index (κ3) is 3.48. The van der Waals surface area contributed by atoms with Gasteiger partial charge in [-0.25, -0.2) is 4.68 Å². The maximum Gasteiger partial charge on any atom is 0.150 e. The lowest BCUT2D eigenvalue weighted by atomic mass is 10.1. The molecule has 3 heteroatoms. The minimum atomic E-state index is 0.159. The van der Waals surface area contributed by atoms with Crippen molar-refractivity contribution in [2.45, 2.75) is 44.8 Å². The quantitative estimate of drug-likeness (QED) is 0.827. The third-order valence-corrected chi connectivity index (χ3v) is 3.86. The van der Waals surface area contributed by atoms with E-state index in [1.54, 1.807) is 0 Å². The average molecular weight is 270 g/mol. The highest BCUT2D eigenvalue weighted by molar-refractivity contribution is 5.14. The van der Waals surface area contributed by atoms with E-state index in [1.165, 1.54) is 24.1 Å². The number of rotatable bonds is 5. The van der Waals surface area contributed by atoms with E-state index in [4.69, 9.17) is 4.74 Å². The van der Waals surface area contributed by atoms with Crippen LogP contribution in [-0.2, 0) is 17.6 Å². The standard InChI is InChI=1S/C17H22N2O/c1-2-7-15(8-3-1)9-6-10-16-12-13-19(18-16)17-11-4-5-14-20-17/h1-3,7-8,12-13,17H,4-6,9-11,14H2. The van der Waals surface area contributed by atoms with Crippen LogP contribution < -0.4 is 0 Å². The second-order valence-corrected chi connectivity index (χ2v) is 5.45. The van der Waals surface area contributed by atoms with E-state index in [2.05, 4.69) is 47.7 Å². The zero-order valence-electron chi connectivity index (χ0n) is 11.9. The summed E-state index contributed by atoms with van der Waals surface area (Å²) in [6.45, 7) is 0.869. The molecule has 3 rings (SSSR count). The second-order valence-electron chi connectivity index (χ2n) is 5.45. The van der Waals surface area contributed by atoms with Gasteiger partial charge in [0.1, 0.15) is 6.23 Å². The van der Waals surface area contributed by atoms with Gasteiger partial charge >= 0.3 is 0 Å². The summed E-state index contributed by atoms with van der Waals surface area (Å²) in [6, 6.07) is 12.8. The zero-order valence-corrected chi connectivity index (χ0v) is 11.9. The molecule has 2 aromatic rings. The fraction of sp³-hybridized carbons (Fsp3) is 0.471. The van der Waals surface area contributed by atoms with Gasteiger partial charge in [0, 0.05) is 12.8 Å². The van der Waals surface area contributed by atoms with Crippen LogP contribution >= 0.6 is 0 Å². The van der Waals surface area contributed by atoms with E-state index in [0.717, 1.165) is 32.3 Å². The first kappa shape index (κ1) is 13.4. The molecule has 1 saturated heterocycles. The van der Waals surface area contributed by atoms with Gasteiger partial charge in [-0.1, -0.05) is 30.3 Å². The lowest BCUT2D eigenvalue weighted by Crippen LogP contribution is -2.18. The van der Waals surface area contributed by atoms with Gasteiger partial charge in [0.2, 0.25) is 0 Å². The molecular weight excluding hydrogens is 248 g/mol. The van der Waals surface area contributed by atoms with Crippen LogP contribution in [0.1, 0.15) is 43.2 Å². The highest BCUT2D eigenvalue weighted by atomic mass is 16.5. The summed E-state index contributed by atoms with van der Waals surface area (Å²) in [7, 11) is 0. The van der Waals surface area contributed by atoms with Gasteiger partial charge in [-0.05, 0) is 50.2 Å². The van der Waals surface area contributed by atoms with E-state index < -0.39 is 0 Å². The fourth-order valence-electron chi connectivity index (χ4n) is 2.72. The largest absolute Gasteiger partial charge is 0.357 e.